The molecule has 1 unspecified atom stereocenters. The highest BCUT2D eigenvalue weighted by molar-refractivity contribution is 7.91. The first-order chi connectivity index (χ1) is 22.3. The maximum Gasteiger partial charge on any atom is 0.239 e. The molecule has 2 fully saturated rings. The van der Waals surface area contributed by atoms with Gasteiger partial charge in [-0.15, -0.1) is 0 Å². The minimum Gasteiger partial charge on any atom is -0.494 e. The zero-order valence-corrected chi connectivity index (χ0v) is 29.5. The van der Waals surface area contributed by atoms with Crippen LogP contribution in [0.3, 0.4) is 0 Å². The van der Waals surface area contributed by atoms with Crippen molar-refractivity contribution in [1.29, 1.82) is 0 Å². The predicted octanol–water partition coefficient (Wildman–Crippen LogP) is 5.83. The van der Waals surface area contributed by atoms with Crippen molar-refractivity contribution >= 4 is 40.7 Å². The summed E-state index contributed by atoms with van der Waals surface area (Å²) in [6.07, 6.45) is 14.8. The topological polar surface area (TPSA) is 103 Å². The number of nitrogens with zero attached hydrogens (tertiary/aromatic N) is 3. The Hall–Kier alpha value is -2.50. The van der Waals surface area contributed by atoms with Crippen LogP contribution >= 0.6 is 0 Å². The standard InChI is InChI=1S/C36H52N3O5SSi/c1-3-4-5-6-7-8-9-10-24-44-30-13-15-31(16-14-30)45(41,42)35-26-37-34-18-17-32(46(2)43)25-33(34)36(35)38-22-19-28(20-23-38)39-21-11-12-29(40)27-39/h13-18,25-26,28-29,40,43H,3-12,19-24,27H2,1-2H3. The number of benzene rings is 2. The molecular formula is C36H52N3O5SSi. The molecule has 2 N–H and O–H groups in total. The molecule has 0 bridgehead atoms. The second-order valence-electron chi connectivity index (χ2n) is 13.1. The van der Waals surface area contributed by atoms with Gasteiger partial charge in [-0.3, -0.25) is 9.88 Å². The van der Waals surface area contributed by atoms with E-state index in [9.17, 15) is 18.3 Å². The number of likely N-dealkylation sites (tertiary alicyclic amines) is 1. The van der Waals surface area contributed by atoms with E-state index in [1.807, 2.05) is 24.7 Å². The molecule has 0 aliphatic carbocycles. The summed E-state index contributed by atoms with van der Waals surface area (Å²) >= 11 is 0. The van der Waals surface area contributed by atoms with Gasteiger partial charge in [-0.25, -0.2) is 8.42 Å². The number of unbranched alkanes of at least 4 members (excludes halogenated alkanes) is 7. The van der Waals surface area contributed by atoms with Crippen LogP contribution in [0.2, 0.25) is 6.55 Å². The molecular weight excluding hydrogens is 615 g/mol. The van der Waals surface area contributed by atoms with Crippen LogP contribution in [0.5, 0.6) is 5.75 Å². The summed E-state index contributed by atoms with van der Waals surface area (Å²) in [7, 11) is -5.64. The number of aliphatic hydroxyl groups excluding tert-OH is 1. The summed E-state index contributed by atoms with van der Waals surface area (Å²) in [5.41, 5.74) is 1.38. The predicted molar refractivity (Wildman–Crippen MR) is 187 cm³/mol. The lowest BCUT2D eigenvalue weighted by Crippen LogP contribution is -2.49. The summed E-state index contributed by atoms with van der Waals surface area (Å²) in [6, 6.07) is 12.9. The van der Waals surface area contributed by atoms with Crippen molar-refractivity contribution in [3.8, 4) is 5.75 Å². The van der Waals surface area contributed by atoms with Crippen LogP contribution in [0, 0.1) is 0 Å². The van der Waals surface area contributed by atoms with Crippen molar-refractivity contribution in [3.05, 3.63) is 48.7 Å². The van der Waals surface area contributed by atoms with Gasteiger partial charge in [-0.1, -0.05) is 57.9 Å². The lowest BCUT2D eigenvalue weighted by atomic mass is 9.98. The van der Waals surface area contributed by atoms with E-state index in [4.69, 9.17) is 4.74 Å². The molecule has 2 aromatic carbocycles. The number of β-amino-alcohol motifs (C(OH)–C–C–N with tert-alkyl or cyclic N) is 1. The zero-order valence-electron chi connectivity index (χ0n) is 27.7. The molecule has 3 heterocycles. The van der Waals surface area contributed by atoms with Crippen molar-refractivity contribution in [3.63, 3.8) is 0 Å². The van der Waals surface area contributed by atoms with Crippen molar-refractivity contribution in [1.82, 2.24) is 9.88 Å². The zero-order chi connectivity index (χ0) is 32.5. The van der Waals surface area contributed by atoms with Crippen molar-refractivity contribution < 1.29 is 23.1 Å². The Morgan fingerprint density at radius 1 is 0.935 bits per heavy atom. The maximum absolute atomic E-state index is 14.3. The van der Waals surface area contributed by atoms with E-state index in [-0.39, 0.29) is 15.9 Å². The summed E-state index contributed by atoms with van der Waals surface area (Å²) < 4.78 is 34.5. The SMILES string of the molecule is CCCCCCCCCCOc1ccc(S(=O)(=O)c2cnc3ccc([Si](C)O)cc3c2N2CCC(N3CCCC(O)C3)CC2)cc1. The van der Waals surface area contributed by atoms with E-state index in [1.165, 1.54) is 44.7 Å². The molecule has 1 aromatic heterocycles. The number of pyridine rings is 1. The van der Waals surface area contributed by atoms with E-state index in [0.29, 0.717) is 49.2 Å². The van der Waals surface area contributed by atoms with Gasteiger partial charge in [0.05, 0.1) is 28.8 Å². The molecule has 0 amide bonds. The van der Waals surface area contributed by atoms with Crippen molar-refractivity contribution in [2.45, 2.75) is 112 Å². The number of sulfone groups is 1. The Bertz CT molecular complexity index is 1510. The highest BCUT2D eigenvalue weighted by Crippen LogP contribution is 2.38. The Labute approximate surface area is 277 Å². The quantitative estimate of drug-likeness (QED) is 0.154. The monoisotopic (exact) mass is 666 g/mol. The molecule has 5 rings (SSSR count). The van der Waals surface area contributed by atoms with Crippen LogP contribution in [-0.4, -0.2) is 82.2 Å². The van der Waals surface area contributed by atoms with Crippen LogP contribution in [0.15, 0.2) is 58.5 Å². The first kappa shape index (κ1) is 34.8. The Balaban J connectivity index is 1.32. The van der Waals surface area contributed by atoms with E-state index in [0.717, 1.165) is 55.6 Å². The fraction of sp³-hybridized carbons (Fsp3) is 0.583. The molecule has 2 aliphatic heterocycles. The van der Waals surface area contributed by atoms with Crippen LogP contribution < -0.4 is 14.8 Å². The molecule has 1 radical (unpaired) electrons. The molecule has 3 aromatic rings. The smallest absolute Gasteiger partial charge is 0.239 e. The minimum atomic E-state index is -3.90. The lowest BCUT2D eigenvalue weighted by Gasteiger charge is -2.42. The number of aromatic nitrogens is 1. The lowest BCUT2D eigenvalue weighted by molar-refractivity contribution is 0.0398. The second-order valence-corrected chi connectivity index (χ2v) is 16.8. The van der Waals surface area contributed by atoms with Gasteiger partial charge in [0.1, 0.15) is 10.6 Å². The molecule has 2 saturated heterocycles. The molecule has 2 aliphatic rings. The largest absolute Gasteiger partial charge is 0.494 e. The number of anilines is 1. The van der Waals surface area contributed by atoms with E-state index in [1.54, 1.807) is 24.3 Å². The highest BCUT2D eigenvalue weighted by Gasteiger charge is 2.32. The summed E-state index contributed by atoms with van der Waals surface area (Å²) in [5, 5.41) is 11.8. The van der Waals surface area contributed by atoms with Crippen molar-refractivity contribution in [2.24, 2.45) is 0 Å². The van der Waals surface area contributed by atoms with E-state index >= 15 is 0 Å². The number of ether oxygens (including phenoxy) is 1. The highest BCUT2D eigenvalue weighted by atomic mass is 32.2. The fourth-order valence-electron chi connectivity index (χ4n) is 6.95. The number of hydrogen-bond acceptors (Lipinski definition) is 8. The van der Waals surface area contributed by atoms with Gasteiger partial charge in [0.2, 0.25) is 18.9 Å². The summed E-state index contributed by atoms with van der Waals surface area (Å²) in [5.74, 6) is 0.675. The third-order valence-corrected chi connectivity index (χ3v) is 12.6. The third kappa shape index (κ3) is 8.69. The van der Waals surface area contributed by atoms with Gasteiger partial charge in [0.25, 0.3) is 0 Å². The van der Waals surface area contributed by atoms with E-state index < -0.39 is 18.9 Å². The Morgan fingerprint density at radius 2 is 1.63 bits per heavy atom. The number of piperidine rings is 2. The molecule has 10 heteroatoms. The summed E-state index contributed by atoms with van der Waals surface area (Å²) in [6.45, 7) is 7.80. The van der Waals surface area contributed by atoms with Crippen molar-refractivity contribution in [2.75, 3.05) is 37.7 Å². The van der Waals surface area contributed by atoms with E-state index in [2.05, 4.69) is 21.7 Å². The molecule has 0 spiro atoms. The Kier molecular flexibility index (Phi) is 12.5. The molecule has 8 nitrogen and oxygen atoms in total. The fourth-order valence-corrected chi connectivity index (χ4v) is 9.06. The van der Waals surface area contributed by atoms with Gasteiger partial charge in [-0.2, -0.15) is 0 Å². The van der Waals surface area contributed by atoms with Gasteiger partial charge in [-0.05, 0) is 86.8 Å². The third-order valence-electron chi connectivity index (χ3n) is 9.64. The Morgan fingerprint density at radius 3 is 2.30 bits per heavy atom. The number of rotatable bonds is 15. The average molecular weight is 667 g/mol. The minimum absolute atomic E-state index is 0.194. The van der Waals surface area contributed by atoms with Crippen LogP contribution in [-0.2, 0) is 9.84 Å². The van der Waals surface area contributed by atoms with Gasteiger partial charge in [0, 0.05) is 37.3 Å². The van der Waals surface area contributed by atoms with Crippen LogP contribution in [0.4, 0.5) is 5.69 Å². The molecule has 1 atom stereocenters. The second kappa shape index (κ2) is 16.5. The van der Waals surface area contributed by atoms with Crippen LogP contribution in [0.25, 0.3) is 10.9 Å². The average Bonchev–Trinajstić information content (AvgIpc) is 3.07. The number of aliphatic hydroxyl groups is 1. The normalized spacial score (nSPS) is 18.5. The first-order valence-electron chi connectivity index (χ1n) is 17.4. The molecule has 0 saturated carbocycles. The van der Waals surface area contributed by atoms with Gasteiger partial charge < -0.3 is 19.5 Å². The van der Waals surface area contributed by atoms with Gasteiger partial charge in [0.15, 0.2) is 0 Å². The number of hydrogen-bond donors (Lipinski definition) is 2. The maximum atomic E-state index is 14.3. The molecule has 251 valence electrons. The molecule has 46 heavy (non-hydrogen) atoms. The van der Waals surface area contributed by atoms with Gasteiger partial charge >= 0.3 is 0 Å². The van der Waals surface area contributed by atoms with Crippen LogP contribution in [0.1, 0.15) is 84.0 Å². The summed E-state index contributed by atoms with van der Waals surface area (Å²) in [4.78, 5) is 20.1. The first-order valence-corrected chi connectivity index (χ1v) is 20.8. The number of fused-ring (bicyclic) bond motifs is 1.